The minimum absolute atomic E-state index is 0.0267. The molecule has 2 aromatic rings. The van der Waals surface area contributed by atoms with E-state index >= 15 is 0 Å². The van der Waals surface area contributed by atoms with Crippen LogP contribution in [0.25, 0.3) is 0 Å². The predicted molar refractivity (Wildman–Crippen MR) is 98.1 cm³/mol. The fraction of sp³-hybridized carbons (Fsp3) is 0.300. The number of hydrogen-bond donors (Lipinski definition) is 2. The summed E-state index contributed by atoms with van der Waals surface area (Å²) in [4.78, 5) is 23.8. The van der Waals surface area contributed by atoms with E-state index in [1.807, 2.05) is 45.0 Å². The summed E-state index contributed by atoms with van der Waals surface area (Å²) in [6.45, 7) is 7.59. The number of benzene rings is 2. The van der Waals surface area contributed by atoms with E-state index in [1.165, 1.54) is 12.5 Å². The molecule has 0 radical (unpaired) electrons. The Hall–Kier alpha value is -2.62. The van der Waals surface area contributed by atoms with Gasteiger partial charge in [0, 0.05) is 18.3 Å². The normalized spacial score (nSPS) is 11.9. The van der Waals surface area contributed by atoms with Gasteiger partial charge in [-0.3, -0.25) is 9.59 Å². The van der Waals surface area contributed by atoms with Crippen molar-refractivity contribution in [1.29, 1.82) is 0 Å². The molecule has 0 saturated heterocycles. The summed E-state index contributed by atoms with van der Waals surface area (Å²) in [6, 6.07) is 15.2. The number of aryl methyl sites for hydroxylation is 1. The summed E-state index contributed by atoms with van der Waals surface area (Å²) in [7, 11) is 0. The van der Waals surface area contributed by atoms with E-state index in [9.17, 15) is 9.59 Å². The van der Waals surface area contributed by atoms with Crippen LogP contribution in [-0.4, -0.2) is 11.8 Å². The molecule has 2 N–H and O–H groups in total. The predicted octanol–water partition coefficient (Wildman–Crippen LogP) is 4.33. The molecule has 1 atom stereocenters. The van der Waals surface area contributed by atoms with Crippen molar-refractivity contribution in [2.45, 2.75) is 33.6 Å². The van der Waals surface area contributed by atoms with Crippen LogP contribution >= 0.6 is 0 Å². The molecular weight excluding hydrogens is 300 g/mol. The lowest BCUT2D eigenvalue weighted by Gasteiger charge is -2.21. The smallest absolute Gasteiger partial charge is 0.232 e. The molecule has 4 nitrogen and oxygen atoms in total. The highest BCUT2D eigenvalue weighted by molar-refractivity contribution is 5.96. The quantitative estimate of drug-likeness (QED) is 0.860. The number of hydrogen-bond acceptors (Lipinski definition) is 2. The maximum absolute atomic E-state index is 12.7. The first-order valence-electron chi connectivity index (χ1n) is 8.12. The number of carbonyl (C=O) groups excluding carboxylic acids is 2. The second-order valence-electron chi connectivity index (χ2n) is 6.38. The fourth-order valence-corrected chi connectivity index (χ4v) is 2.67. The molecule has 1 unspecified atom stereocenters. The van der Waals surface area contributed by atoms with E-state index in [2.05, 4.69) is 10.6 Å². The maximum Gasteiger partial charge on any atom is 0.232 e. The molecule has 0 saturated carbocycles. The van der Waals surface area contributed by atoms with Gasteiger partial charge in [0.05, 0.1) is 5.92 Å². The Kier molecular flexibility index (Phi) is 5.74. The molecule has 0 heterocycles. The van der Waals surface area contributed by atoms with Gasteiger partial charge in [-0.25, -0.2) is 0 Å². The van der Waals surface area contributed by atoms with E-state index in [4.69, 9.17) is 0 Å². The zero-order valence-electron chi connectivity index (χ0n) is 14.6. The van der Waals surface area contributed by atoms with Gasteiger partial charge in [-0.15, -0.1) is 0 Å². The van der Waals surface area contributed by atoms with Crippen LogP contribution in [0.5, 0.6) is 0 Å². The maximum atomic E-state index is 12.7. The van der Waals surface area contributed by atoms with Crippen molar-refractivity contribution in [1.82, 2.24) is 0 Å². The second kappa shape index (κ2) is 7.77. The Labute approximate surface area is 143 Å². The molecule has 0 bridgehead atoms. The summed E-state index contributed by atoms with van der Waals surface area (Å²) < 4.78 is 0. The van der Waals surface area contributed by atoms with Crippen LogP contribution in [0, 0.1) is 12.8 Å². The Morgan fingerprint density at radius 1 is 0.833 bits per heavy atom. The number of anilines is 2. The van der Waals surface area contributed by atoms with Gasteiger partial charge < -0.3 is 10.6 Å². The summed E-state index contributed by atoms with van der Waals surface area (Å²) in [6.07, 6.45) is 0. The lowest BCUT2D eigenvalue weighted by atomic mass is 9.87. The highest BCUT2D eigenvalue weighted by atomic mass is 16.2. The van der Waals surface area contributed by atoms with Gasteiger partial charge in [0.15, 0.2) is 0 Å². The van der Waals surface area contributed by atoms with Crippen molar-refractivity contribution in [3.05, 3.63) is 59.7 Å². The van der Waals surface area contributed by atoms with Crippen molar-refractivity contribution in [2.24, 2.45) is 5.92 Å². The average Bonchev–Trinajstić information content (AvgIpc) is 2.50. The first-order chi connectivity index (χ1) is 11.4. The molecule has 0 aliphatic heterocycles. The average molecular weight is 324 g/mol. The van der Waals surface area contributed by atoms with Gasteiger partial charge in [-0.2, -0.15) is 0 Å². The van der Waals surface area contributed by atoms with Crippen LogP contribution in [0.2, 0.25) is 0 Å². The molecule has 2 amide bonds. The minimum Gasteiger partial charge on any atom is -0.326 e. The monoisotopic (exact) mass is 324 g/mol. The highest BCUT2D eigenvalue weighted by Gasteiger charge is 2.24. The standard InChI is InChI=1S/C20H24N2O2/c1-13(2)19(16-7-5-14(3)6-8-16)20(24)22-18-11-9-17(10-12-18)21-15(4)23/h5-13,19H,1-4H3,(H,21,23)(H,22,24). The van der Waals surface area contributed by atoms with Crippen molar-refractivity contribution in [3.63, 3.8) is 0 Å². The Balaban J connectivity index is 2.13. The van der Waals surface area contributed by atoms with Gasteiger partial charge in [-0.05, 0) is 42.7 Å². The molecule has 0 spiro atoms. The third kappa shape index (κ3) is 4.69. The summed E-state index contributed by atoms with van der Waals surface area (Å²) in [5, 5.41) is 5.67. The van der Waals surface area contributed by atoms with Gasteiger partial charge in [0.25, 0.3) is 0 Å². The van der Waals surface area contributed by atoms with Gasteiger partial charge in [0.2, 0.25) is 11.8 Å². The summed E-state index contributed by atoms with van der Waals surface area (Å²) in [5.41, 5.74) is 3.62. The number of nitrogens with one attached hydrogen (secondary N) is 2. The molecule has 24 heavy (non-hydrogen) atoms. The summed E-state index contributed by atoms with van der Waals surface area (Å²) in [5.74, 6) is -0.167. The minimum atomic E-state index is -0.208. The third-order valence-corrected chi connectivity index (χ3v) is 3.86. The van der Waals surface area contributed by atoms with Gasteiger partial charge in [-0.1, -0.05) is 43.7 Å². The Morgan fingerprint density at radius 2 is 1.33 bits per heavy atom. The van der Waals surface area contributed by atoms with Crippen LogP contribution in [0.3, 0.4) is 0 Å². The number of carbonyl (C=O) groups is 2. The molecule has 4 heteroatoms. The molecule has 0 aromatic heterocycles. The lowest BCUT2D eigenvalue weighted by molar-refractivity contribution is -0.118. The molecule has 2 aromatic carbocycles. The SMILES string of the molecule is CC(=O)Nc1ccc(NC(=O)C(c2ccc(C)cc2)C(C)C)cc1. The molecule has 0 aliphatic rings. The Morgan fingerprint density at radius 3 is 1.79 bits per heavy atom. The van der Waals surface area contributed by atoms with Gasteiger partial charge >= 0.3 is 0 Å². The first kappa shape index (κ1) is 17.7. The van der Waals surface area contributed by atoms with E-state index in [0.717, 1.165) is 5.56 Å². The Bertz CT molecular complexity index is 703. The van der Waals surface area contributed by atoms with Crippen LogP contribution in [0.4, 0.5) is 11.4 Å². The topological polar surface area (TPSA) is 58.2 Å². The van der Waals surface area contributed by atoms with Crippen LogP contribution in [-0.2, 0) is 9.59 Å². The first-order valence-corrected chi connectivity index (χ1v) is 8.12. The van der Waals surface area contributed by atoms with Gasteiger partial charge in [0.1, 0.15) is 0 Å². The van der Waals surface area contributed by atoms with E-state index in [-0.39, 0.29) is 23.7 Å². The van der Waals surface area contributed by atoms with Crippen LogP contribution < -0.4 is 10.6 Å². The molecule has 0 aliphatic carbocycles. The number of rotatable bonds is 5. The van der Waals surface area contributed by atoms with Crippen molar-refractivity contribution in [2.75, 3.05) is 10.6 Å². The van der Waals surface area contributed by atoms with Crippen molar-refractivity contribution < 1.29 is 9.59 Å². The highest BCUT2D eigenvalue weighted by Crippen LogP contribution is 2.27. The van der Waals surface area contributed by atoms with E-state index < -0.39 is 0 Å². The largest absolute Gasteiger partial charge is 0.326 e. The zero-order valence-corrected chi connectivity index (χ0v) is 14.6. The molecule has 0 fully saturated rings. The molecule has 2 rings (SSSR count). The van der Waals surface area contributed by atoms with Crippen molar-refractivity contribution in [3.8, 4) is 0 Å². The zero-order chi connectivity index (χ0) is 17.7. The lowest BCUT2D eigenvalue weighted by Crippen LogP contribution is -2.25. The molecule has 126 valence electrons. The number of amides is 2. The summed E-state index contributed by atoms with van der Waals surface area (Å²) >= 11 is 0. The van der Waals surface area contributed by atoms with E-state index in [1.54, 1.807) is 24.3 Å². The second-order valence-corrected chi connectivity index (χ2v) is 6.38. The van der Waals surface area contributed by atoms with Crippen LogP contribution in [0.15, 0.2) is 48.5 Å². The molecular formula is C20H24N2O2. The fourth-order valence-electron chi connectivity index (χ4n) is 2.67. The third-order valence-electron chi connectivity index (χ3n) is 3.86. The van der Waals surface area contributed by atoms with Crippen molar-refractivity contribution >= 4 is 23.2 Å². The van der Waals surface area contributed by atoms with Crippen LogP contribution in [0.1, 0.15) is 37.8 Å². The van der Waals surface area contributed by atoms with E-state index in [0.29, 0.717) is 11.4 Å².